The molecule has 1 amide bonds. The number of rotatable bonds is 3. The van der Waals surface area contributed by atoms with Crippen LogP contribution in [0.2, 0.25) is 0 Å². The van der Waals surface area contributed by atoms with Gasteiger partial charge in [0.1, 0.15) is 0 Å². The monoisotopic (exact) mass is 258 g/mol. The summed E-state index contributed by atoms with van der Waals surface area (Å²) in [4.78, 5) is 14.0. The number of carbonyl (C=O) groups excluding carboxylic acids is 1. The first-order valence-corrected chi connectivity index (χ1v) is 7.34. The fourth-order valence-corrected chi connectivity index (χ4v) is 4.01. The molecule has 3 nitrogen and oxygen atoms in total. The van der Waals surface area contributed by atoms with Gasteiger partial charge in [-0.3, -0.25) is 9.69 Å². The minimum absolute atomic E-state index is 0.323. The Morgan fingerprint density at radius 2 is 2.00 bits per heavy atom. The van der Waals surface area contributed by atoms with Crippen molar-refractivity contribution in [2.75, 3.05) is 6.54 Å². The lowest BCUT2D eigenvalue weighted by atomic mass is 9.84. The zero-order valence-electron chi connectivity index (χ0n) is 11.5. The molecular formula is C16H22N2O. The first kappa shape index (κ1) is 12.7. The molecular weight excluding hydrogens is 236 g/mol. The zero-order valence-corrected chi connectivity index (χ0v) is 11.5. The van der Waals surface area contributed by atoms with Crippen LogP contribution >= 0.6 is 0 Å². The van der Waals surface area contributed by atoms with Crippen molar-refractivity contribution in [2.24, 2.45) is 5.73 Å². The van der Waals surface area contributed by atoms with Gasteiger partial charge in [-0.25, -0.2) is 0 Å². The molecule has 2 aliphatic rings. The molecule has 2 aliphatic heterocycles. The normalized spacial score (nSPS) is 30.5. The van der Waals surface area contributed by atoms with Gasteiger partial charge in [0.05, 0.1) is 0 Å². The van der Waals surface area contributed by atoms with E-state index in [1.807, 2.05) is 18.2 Å². The molecule has 3 rings (SSSR count). The van der Waals surface area contributed by atoms with Crippen LogP contribution in [0, 0.1) is 0 Å². The van der Waals surface area contributed by atoms with Crippen molar-refractivity contribution < 1.29 is 4.79 Å². The second-order valence-electron chi connectivity index (χ2n) is 5.87. The van der Waals surface area contributed by atoms with Crippen LogP contribution < -0.4 is 5.73 Å². The lowest BCUT2D eigenvalue weighted by molar-refractivity contribution is 0.1000. The molecule has 2 heterocycles. The highest BCUT2D eigenvalue weighted by Crippen LogP contribution is 2.42. The molecule has 19 heavy (non-hydrogen) atoms. The molecule has 0 radical (unpaired) electrons. The van der Waals surface area contributed by atoms with Crippen LogP contribution in [0.3, 0.4) is 0 Å². The number of hydrogen-bond acceptors (Lipinski definition) is 2. The molecule has 102 valence electrons. The number of carbonyl (C=O) groups is 1. The maximum absolute atomic E-state index is 11.3. The first-order valence-electron chi connectivity index (χ1n) is 7.34. The third-order valence-corrected chi connectivity index (χ3v) is 4.89. The highest BCUT2D eigenvalue weighted by Gasteiger charge is 2.39. The minimum atomic E-state index is -0.323. The summed E-state index contributed by atoms with van der Waals surface area (Å²) in [6, 6.07) is 9.40. The number of piperidine rings is 1. The summed E-state index contributed by atoms with van der Waals surface area (Å²) in [5.41, 5.74) is 7.31. The average molecular weight is 258 g/mol. The van der Waals surface area contributed by atoms with Gasteiger partial charge >= 0.3 is 0 Å². The van der Waals surface area contributed by atoms with Crippen LogP contribution in [-0.4, -0.2) is 29.4 Å². The Balaban J connectivity index is 1.81. The van der Waals surface area contributed by atoms with Crippen molar-refractivity contribution in [3.05, 3.63) is 35.4 Å². The number of primary amides is 1. The minimum Gasteiger partial charge on any atom is -0.366 e. The molecule has 0 aromatic heterocycles. The van der Waals surface area contributed by atoms with Crippen LogP contribution in [0.25, 0.3) is 0 Å². The maximum atomic E-state index is 11.3. The molecule has 2 bridgehead atoms. The van der Waals surface area contributed by atoms with Gasteiger partial charge < -0.3 is 5.73 Å². The third-order valence-electron chi connectivity index (χ3n) is 4.89. The predicted octanol–water partition coefficient (Wildman–Crippen LogP) is 2.52. The molecule has 2 fully saturated rings. The lowest BCUT2D eigenvalue weighted by Crippen LogP contribution is -2.41. The van der Waals surface area contributed by atoms with Crippen LogP contribution in [0.4, 0.5) is 0 Å². The highest BCUT2D eigenvalue weighted by atomic mass is 16.1. The number of hydrogen-bond donors (Lipinski definition) is 1. The summed E-state index contributed by atoms with van der Waals surface area (Å²) < 4.78 is 0. The van der Waals surface area contributed by atoms with E-state index in [2.05, 4.69) is 17.9 Å². The van der Waals surface area contributed by atoms with Crippen LogP contribution in [-0.2, 0) is 0 Å². The summed E-state index contributed by atoms with van der Waals surface area (Å²) in [6.45, 7) is 3.43. The Labute approximate surface area is 114 Å². The van der Waals surface area contributed by atoms with Crippen LogP contribution in [0.1, 0.15) is 54.4 Å². The van der Waals surface area contributed by atoms with Crippen molar-refractivity contribution in [2.45, 2.75) is 50.6 Å². The number of nitrogens with zero attached hydrogens (tertiary/aromatic N) is 1. The van der Waals surface area contributed by atoms with Crippen molar-refractivity contribution in [3.63, 3.8) is 0 Å². The van der Waals surface area contributed by atoms with Crippen molar-refractivity contribution >= 4 is 5.91 Å². The quantitative estimate of drug-likeness (QED) is 0.905. The van der Waals surface area contributed by atoms with Gasteiger partial charge in [0.2, 0.25) is 5.91 Å². The number of fused-ring (bicyclic) bond motifs is 2. The molecule has 1 aromatic carbocycles. The van der Waals surface area contributed by atoms with E-state index in [0.717, 1.165) is 12.1 Å². The predicted molar refractivity (Wildman–Crippen MR) is 76.1 cm³/mol. The van der Waals surface area contributed by atoms with Gasteiger partial charge in [0, 0.05) is 17.6 Å². The van der Waals surface area contributed by atoms with Gasteiger partial charge in [0.25, 0.3) is 0 Å². The molecule has 0 aliphatic carbocycles. The van der Waals surface area contributed by atoms with E-state index in [9.17, 15) is 4.79 Å². The van der Waals surface area contributed by atoms with Gasteiger partial charge in [-0.15, -0.1) is 0 Å². The second-order valence-corrected chi connectivity index (χ2v) is 5.87. The molecule has 0 spiro atoms. The molecule has 2 N–H and O–H groups in total. The fourth-order valence-electron chi connectivity index (χ4n) is 4.01. The molecule has 1 aromatic rings. The van der Waals surface area contributed by atoms with E-state index in [1.165, 1.54) is 37.8 Å². The van der Waals surface area contributed by atoms with Crippen LogP contribution in [0.5, 0.6) is 0 Å². The fraction of sp³-hybridized carbons (Fsp3) is 0.562. The Bertz CT molecular complexity index is 471. The smallest absolute Gasteiger partial charge is 0.248 e. The van der Waals surface area contributed by atoms with E-state index in [1.54, 1.807) is 0 Å². The average Bonchev–Trinajstić information content (AvgIpc) is 2.67. The molecule has 2 atom stereocenters. The summed E-state index contributed by atoms with van der Waals surface area (Å²) in [5, 5.41) is 0. The van der Waals surface area contributed by atoms with E-state index in [4.69, 9.17) is 5.73 Å². The maximum Gasteiger partial charge on any atom is 0.248 e. The van der Waals surface area contributed by atoms with Gasteiger partial charge in [0.15, 0.2) is 0 Å². The lowest BCUT2D eigenvalue weighted by Gasteiger charge is -2.38. The third kappa shape index (κ3) is 2.27. The molecule has 2 saturated heterocycles. The van der Waals surface area contributed by atoms with E-state index < -0.39 is 0 Å². The Morgan fingerprint density at radius 3 is 2.58 bits per heavy atom. The molecule has 3 heteroatoms. The Kier molecular flexibility index (Phi) is 3.31. The summed E-state index contributed by atoms with van der Waals surface area (Å²) in [6.07, 6.45) is 5.13. The van der Waals surface area contributed by atoms with E-state index in [-0.39, 0.29) is 5.91 Å². The standard InChI is InChI=1S/C16H22N2O/c1-2-18-14-6-7-15(18)10-13(9-14)11-4-3-5-12(8-11)16(17)19/h3-5,8,13-15H,2,6-7,9-10H2,1H3,(H2,17,19). The van der Waals surface area contributed by atoms with Crippen molar-refractivity contribution in [1.29, 1.82) is 0 Å². The largest absolute Gasteiger partial charge is 0.366 e. The van der Waals surface area contributed by atoms with Crippen molar-refractivity contribution in [1.82, 2.24) is 4.90 Å². The number of amides is 1. The van der Waals surface area contributed by atoms with E-state index in [0.29, 0.717) is 11.5 Å². The van der Waals surface area contributed by atoms with Gasteiger partial charge in [-0.05, 0) is 55.8 Å². The Morgan fingerprint density at radius 1 is 1.32 bits per heavy atom. The SMILES string of the molecule is CCN1C2CCC1CC(c1cccc(C(N)=O)c1)C2. The molecule has 0 saturated carbocycles. The highest BCUT2D eigenvalue weighted by molar-refractivity contribution is 5.92. The van der Waals surface area contributed by atoms with Crippen molar-refractivity contribution in [3.8, 4) is 0 Å². The summed E-state index contributed by atoms with van der Waals surface area (Å²) >= 11 is 0. The number of nitrogens with two attached hydrogens (primary N) is 1. The number of benzene rings is 1. The Hall–Kier alpha value is -1.35. The second kappa shape index (κ2) is 4.97. The first-order chi connectivity index (χ1) is 9.19. The zero-order chi connectivity index (χ0) is 13.4. The van der Waals surface area contributed by atoms with E-state index >= 15 is 0 Å². The van der Waals surface area contributed by atoms with Crippen LogP contribution in [0.15, 0.2) is 24.3 Å². The summed E-state index contributed by atoms with van der Waals surface area (Å²) in [7, 11) is 0. The topological polar surface area (TPSA) is 46.3 Å². The molecule has 2 unspecified atom stereocenters. The summed E-state index contributed by atoms with van der Waals surface area (Å²) in [5.74, 6) is 0.274. The van der Waals surface area contributed by atoms with Gasteiger partial charge in [-0.1, -0.05) is 19.1 Å². The van der Waals surface area contributed by atoms with Gasteiger partial charge in [-0.2, -0.15) is 0 Å².